The van der Waals surface area contributed by atoms with E-state index < -0.39 is 32.3 Å². The third-order valence-corrected chi connectivity index (χ3v) is 4.60. The van der Waals surface area contributed by atoms with Gasteiger partial charge in [0.25, 0.3) is 0 Å². The zero-order valence-corrected chi connectivity index (χ0v) is 12.0. The van der Waals surface area contributed by atoms with Crippen LogP contribution in [0, 0.1) is 5.82 Å². The Kier molecular flexibility index (Phi) is 4.08. The Morgan fingerprint density at radius 2 is 2.14 bits per heavy atom. The summed E-state index contributed by atoms with van der Waals surface area (Å²) in [5.74, 6) is -2.78. The number of benzene rings is 1. The molecule has 0 spiro atoms. The highest BCUT2D eigenvalue weighted by atomic mass is 32.2. The van der Waals surface area contributed by atoms with Crippen LogP contribution in [0.3, 0.4) is 0 Å². The lowest BCUT2D eigenvalue weighted by Crippen LogP contribution is -2.08. The molecule has 21 heavy (non-hydrogen) atoms. The van der Waals surface area contributed by atoms with Crippen molar-refractivity contribution in [3.63, 3.8) is 0 Å². The fourth-order valence-corrected chi connectivity index (χ4v) is 3.21. The molecule has 0 aliphatic heterocycles. The van der Waals surface area contributed by atoms with E-state index in [9.17, 15) is 17.6 Å². The van der Waals surface area contributed by atoms with Crippen LogP contribution >= 0.6 is 0 Å². The molecule has 0 bridgehead atoms. The summed E-state index contributed by atoms with van der Waals surface area (Å²) < 4.78 is 39.7. The largest absolute Gasteiger partial charge is 0.478 e. The summed E-state index contributed by atoms with van der Waals surface area (Å²) in [6.07, 6.45) is 2.98. The molecule has 8 heteroatoms. The number of aryl methyl sites for hydroxylation is 1. The van der Waals surface area contributed by atoms with Crippen molar-refractivity contribution >= 4 is 15.8 Å². The van der Waals surface area contributed by atoms with Crippen LogP contribution in [0.2, 0.25) is 0 Å². The van der Waals surface area contributed by atoms with Crippen molar-refractivity contribution in [2.45, 2.75) is 24.1 Å². The van der Waals surface area contributed by atoms with Gasteiger partial charge in [0.1, 0.15) is 10.7 Å². The summed E-state index contributed by atoms with van der Waals surface area (Å²) in [5.41, 5.74) is 0.142. The van der Waals surface area contributed by atoms with Crippen LogP contribution < -0.4 is 0 Å². The number of carboxylic acid groups (broad SMARTS) is 1. The Bertz CT molecular complexity index is 783. The van der Waals surface area contributed by atoms with Gasteiger partial charge in [0, 0.05) is 18.3 Å². The maximum atomic E-state index is 13.8. The number of aromatic nitrogens is 2. The smallest absolute Gasteiger partial charge is 0.335 e. The van der Waals surface area contributed by atoms with Gasteiger partial charge in [-0.05, 0) is 25.1 Å². The number of hydrogen-bond donors (Lipinski definition) is 1. The van der Waals surface area contributed by atoms with E-state index in [0.717, 1.165) is 12.1 Å². The number of carbonyl (C=O) groups is 1. The molecule has 0 saturated heterocycles. The number of sulfone groups is 1. The van der Waals surface area contributed by atoms with E-state index in [1.807, 2.05) is 6.92 Å². The van der Waals surface area contributed by atoms with Crippen LogP contribution in [0.5, 0.6) is 0 Å². The van der Waals surface area contributed by atoms with E-state index in [0.29, 0.717) is 18.2 Å². The molecule has 6 nitrogen and oxygen atoms in total. The molecular weight excluding hydrogens is 299 g/mol. The van der Waals surface area contributed by atoms with Gasteiger partial charge in [0.05, 0.1) is 17.5 Å². The number of carboxylic acids is 1. The van der Waals surface area contributed by atoms with Gasteiger partial charge < -0.3 is 5.11 Å². The lowest BCUT2D eigenvalue weighted by atomic mass is 10.2. The Morgan fingerprint density at radius 3 is 2.67 bits per heavy atom. The first-order chi connectivity index (χ1) is 9.83. The molecule has 112 valence electrons. The van der Waals surface area contributed by atoms with Crippen molar-refractivity contribution in [2.75, 3.05) is 0 Å². The van der Waals surface area contributed by atoms with Crippen molar-refractivity contribution in [1.82, 2.24) is 9.78 Å². The lowest BCUT2D eigenvalue weighted by Gasteiger charge is -2.05. The molecular formula is C13H13FN2O4S. The molecule has 0 aliphatic carbocycles. The molecule has 1 heterocycles. The molecule has 2 rings (SSSR count). The second-order valence-electron chi connectivity index (χ2n) is 4.41. The third kappa shape index (κ3) is 3.27. The SMILES string of the molecule is CCn1cc(CS(=O)(=O)c2ccc(C(=O)O)cc2F)cn1. The third-order valence-electron chi connectivity index (χ3n) is 2.88. The second kappa shape index (κ2) is 5.65. The molecule has 0 unspecified atom stereocenters. The molecule has 1 aromatic heterocycles. The predicted molar refractivity (Wildman–Crippen MR) is 72.2 cm³/mol. The van der Waals surface area contributed by atoms with Crippen LogP contribution in [0.25, 0.3) is 0 Å². The minimum absolute atomic E-state index is 0.301. The standard InChI is InChI=1S/C13H13FN2O4S/c1-2-16-7-9(6-15-16)8-21(19,20)12-4-3-10(13(17)18)5-11(12)14/h3-7H,2,8H2,1H3,(H,17,18). The van der Waals surface area contributed by atoms with Crippen molar-refractivity contribution in [3.8, 4) is 0 Å². The Balaban J connectivity index is 2.33. The number of halogens is 1. The zero-order chi connectivity index (χ0) is 15.6. The maximum absolute atomic E-state index is 13.8. The Morgan fingerprint density at radius 1 is 1.43 bits per heavy atom. The lowest BCUT2D eigenvalue weighted by molar-refractivity contribution is 0.0696. The quantitative estimate of drug-likeness (QED) is 0.908. The first-order valence-corrected chi connectivity index (χ1v) is 7.75. The number of nitrogens with zero attached hydrogens (tertiary/aromatic N) is 2. The predicted octanol–water partition coefficient (Wildman–Crippen LogP) is 1.71. The molecule has 0 aliphatic rings. The van der Waals surface area contributed by atoms with Crippen LogP contribution in [0.4, 0.5) is 4.39 Å². The van der Waals surface area contributed by atoms with Crippen LogP contribution in [-0.4, -0.2) is 29.3 Å². The summed E-state index contributed by atoms with van der Waals surface area (Å²) in [6, 6.07) is 2.73. The average Bonchev–Trinajstić information content (AvgIpc) is 2.85. The van der Waals surface area contributed by atoms with E-state index in [4.69, 9.17) is 5.11 Å². The molecule has 0 atom stereocenters. The molecule has 0 amide bonds. The van der Waals surface area contributed by atoms with Gasteiger partial charge in [-0.3, -0.25) is 4.68 Å². The fourth-order valence-electron chi connectivity index (χ4n) is 1.84. The van der Waals surface area contributed by atoms with Crippen LogP contribution in [0.1, 0.15) is 22.8 Å². The molecule has 1 N–H and O–H groups in total. The number of rotatable bonds is 5. The van der Waals surface area contributed by atoms with E-state index >= 15 is 0 Å². The zero-order valence-electron chi connectivity index (χ0n) is 11.2. The van der Waals surface area contributed by atoms with Crippen molar-refractivity contribution in [2.24, 2.45) is 0 Å². The summed E-state index contributed by atoms with van der Waals surface area (Å²) in [7, 11) is -3.90. The molecule has 0 saturated carbocycles. The summed E-state index contributed by atoms with van der Waals surface area (Å²) in [6.45, 7) is 2.46. The van der Waals surface area contributed by atoms with E-state index in [1.54, 1.807) is 10.9 Å². The van der Waals surface area contributed by atoms with Gasteiger partial charge in [0.2, 0.25) is 0 Å². The van der Waals surface area contributed by atoms with Gasteiger partial charge >= 0.3 is 5.97 Å². The molecule has 1 aromatic carbocycles. The maximum Gasteiger partial charge on any atom is 0.335 e. The van der Waals surface area contributed by atoms with E-state index in [-0.39, 0.29) is 5.56 Å². The number of hydrogen-bond acceptors (Lipinski definition) is 4. The topological polar surface area (TPSA) is 89.3 Å². The minimum atomic E-state index is -3.90. The van der Waals surface area contributed by atoms with Gasteiger partial charge in [-0.15, -0.1) is 0 Å². The highest BCUT2D eigenvalue weighted by Gasteiger charge is 2.21. The number of aromatic carboxylic acids is 1. The highest BCUT2D eigenvalue weighted by Crippen LogP contribution is 2.20. The van der Waals surface area contributed by atoms with Gasteiger partial charge in [-0.25, -0.2) is 17.6 Å². The van der Waals surface area contributed by atoms with Crippen molar-refractivity contribution in [1.29, 1.82) is 0 Å². The van der Waals surface area contributed by atoms with Crippen LogP contribution in [-0.2, 0) is 22.1 Å². The van der Waals surface area contributed by atoms with Crippen molar-refractivity contribution < 1.29 is 22.7 Å². The van der Waals surface area contributed by atoms with Crippen molar-refractivity contribution in [3.05, 3.63) is 47.5 Å². The first kappa shape index (κ1) is 15.2. The Hall–Kier alpha value is -2.22. The van der Waals surface area contributed by atoms with Crippen LogP contribution in [0.15, 0.2) is 35.5 Å². The average molecular weight is 312 g/mol. The minimum Gasteiger partial charge on any atom is -0.478 e. The van der Waals surface area contributed by atoms with E-state index in [2.05, 4.69) is 5.10 Å². The monoisotopic (exact) mass is 312 g/mol. The van der Waals surface area contributed by atoms with Gasteiger partial charge in [-0.1, -0.05) is 0 Å². The fraction of sp³-hybridized carbons (Fsp3) is 0.231. The van der Waals surface area contributed by atoms with E-state index in [1.165, 1.54) is 6.20 Å². The summed E-state index contributed by atoms with van der Waals surface area (Å²) >= 11 is 0. The molecule has 0 fully saturated rings. The van der Waals surface area contributed by atoms with Gasteiger partial charge in [-0.2, -0.15) is 5.10 Å². The summed E-state index contributed by atoms with van der Waals surface area (Å²) in [5, 5.41) is 12.7. The summed E-state index contributed by atoms with van der Waals surface area (Å²) in [4.78, 5) is 10.2. The Labute approximate surface area is 120 Å². The first-order valence-electron chi connectivity index (χ1n) is 6.10. The normalized spacial score (nSPS) is 11.5. The highest BCUT2D eigenvalue weighted by molar-refractivity contribution is 7.90. The molecule has 0 radical (unpaired) electrons. The second-order valence-corrected chi connectivity index (χ2v) is 6.37. The van der Waals surface area contributed by atoms with Gasteiger partial charge in [0.15, 0.2) is 9.84 Å². The molecule has 2 aromatic rings.